The van der Waals surface area contributed by atoms with Crippen LogP contribution in [0.1, 0.15) is 25.5 Å². The number of piperazine rings is 1. The van der Waals surface area contributed by atoms with Gasteiger partial charge in [0.15, 0.2) is 0 Å². The van der Waals surface area contributed by atoms with Gasteiger partial charge < -0.3 is 10.0 Å². The third-order valence-corrected chi connectivity index (χ3v) is 8.96. The molecule has 1 heterocycles. The highest BCUT2D eigenvalue weighted by Gasteiger charge is 2.33. The van der Waals surface area contributed by atoms with Gasteiger partial charge in [0.25, 0.3) is 0 Å². The molecule has 3 rings (SSSR count). The fourth-order valence-corrected chi connectivity index (χ4v) is 6.63. The Balaban J connectivity index is 1.84. The van der Waals surface area contributed by atoms with Gasteiger partial charge in [-0.15, -0.1) is 0 Å². The lowest BCUT2D eigenvalue weighted by Gasteiger charge is -2.35. The Kier molecular flexibility index (Phi) is 8.17. The van der Waals surface area contributed by atoms with E-state index < -0.39 is 26.1 Å². The van der Waals surface area contributed by atoms with Crippen LogP contribution in [0.25, 0.3) is 0 Å². The predicted molar refractivity (Wildman–Crippen MR) is 130 cm³/mol. The second-order valence-corrected chi connectivity index (χ2v) is 12.6. The Morgan fingerprint density at radius 1 is 0.909 bits per heavy atom. The number of nitrogens with zero attached hydrogens (tertiary/aromatic N) is 3. The lowest BCUT2D eigenvalue weighted by Crippen LogP contribution is -2.48. The topological polar surface area (TPSA) is 98.2 Å². The third kappa shape index (κ3) is 6.13. The molecule has 8 nitrogen and oxygen atoms in total. The van der Waals surface area contributed by atoms with Gasteiger partial charge in [-0.2, -0.15) is 8.61 Å². The van der Waals surface area contributed by atoms with Crippen molar-refractivity contribution in [1.82, 2.24) is 8.61 Å². The summed E-state index contributed by atoms with van der Waals surface area (Å²) in [4.78, 5) is 2.21. The Hall–Kier alpha value is -1.98. The van der Waals surface area contributed by atoms with Crippen LogP contribution in [0, 0.1) is 5.92 Å². The fraction of sp³-hybridized carbons (Fsp3) is 0.478. The third-order valence-electron chi connectivity index (χ3n) is 5.77. The highest BCUT2D eigenvalue weighted by molar-refractivity contribution is 7.89. The number of aliphatic hydroxyl groups excluding tert-OH is 1. The number of rotatable bonds is 9. The van der Waals surface area contributed by atoms with E-state index in [4.69, 9.17) is 0 Å². The maximum atomic E-state index is 13.6. The van der Waals surface area contributed by atoms with Crippen molar-refractivity contribution < 1.29 is 21.9 Å². The number of benzene rings is 2. The molecule has 2 aromatic rings. The van der Waals surface area contributed by atoms with Gasteiger partial charge in [0.2, 0.25) is 20.0 Å². The van der Waals surface area contributed by atoms with Crippen molar-refractivity contribution in [1.29, 1.82) is 0 Å². The lowest BCUT2D eigenvalue weighted by molar-refractivity contribution is 0.179. The van der Waals surface area contributed by atoms with E-state index in [1.54, 1.807) is 24.3 Å². The Labute approximate surface area is 197 Å². The molecule has 0 amide bonds. The van der Waals surface area contributed by atoms with Gasteiger partial charge >= 0.3 is 0 Å². The maximum absolute atomic E-state index is 13.6. The smallest absolute Gasteiger partial charge is 0.243 e. The zero-order valence-electron chi connectivity index (χ0n) is 19.3. The van der Waals surface area contributed by atoms with E-state index in [0.29, 0.717) is 26.2 Å². The molecule has 1 atom stereocenters. The molecule has 0 radical (unpaired) electrons. The second kappa shape index (κ2) is 10.5. The molecule has 0 spiro atoms. The molecule has 33 heavy (non-hydrogen) atoms. The summed E-state index contributed by atoms with van der Waals surface area (Å²) in [5, 5.41) is 10.1. The first kappa shape index (κ1) is 25.6. The van der Waals surface area contributed by atoms with Crippen LogP contribution in [0.15, 0.2) is 59.5 Å². The van der Waals surface area contributed by atoms with Crippen molar-refractivity contribution in [3.63, 3.8) is 0 Å². The second-order valence-electron chi connectivity index (χ2n) is 8.72. The zero-order chi connectivity index (χ0) is 24.2. The van der Waals surface area contributed by atoms with E-state index in [9.17, 15) is 21.9 Å². The number of hydrogen-bond donors (Lipinski definition) is 1. The van der Waals surface area contributed by atoms with Gasteiger partial charge in [0.1, 0.15) is 0 Å². The summed E-state index contributed by atoms with van der Waals surface area (Å²) < 4.78 is 53.5. The summed E-state index contributed by atoms with van der Waals surface area (Å²) in [6.45, 7) is 5.73. The van der Waals surface area contributed by atoms with Gasteiger partial charge in [-0.25, -0.2) is 16.8 Å². The van der Waals surface area contributed by atoms with Gasteiger partial charge in [0, 0.05) is 38.4 Å². The molecule has 1 fully saturated rings. The quantitative estimate of drug-likeness (QED) is 0.572. The molecule has 1 aliphatic rings. The minimum atomic E-state index is -3.86. The van der Waals surface area contributed by atoms with E-state index in [-0.39, 0.29) is 24.0 Å². The molecular weight excluding hydrogens is 462 g/mol. The van der Waals surface area contributed by atoms with Gasteiger partial charge in [0.05, 0.1) is 23.8 Å². The molecule has 0 bridgehead atoms. The molecule has 2 aromatic carbocycles. The Morgan fingerprint density at radius 3 is 1.97 bits per heavy atom. The first-order valence-electron chi connectivity index (χ1n) is 11.0. The van der Waals surface area contributed by atoms with E-state index in [2.05, 4.69) is 0 Å². The van der Waals surface area contributed by atoms with Crippen LogP contribution in [0.3, 0.4) is 0 Å². The van der Waals surface area contributed by atoms with E-state index in [1.807, 2.05) is 49.1 Å². The minimum Gasteiger partial charge on any atom is -0.394 e. The number of sulfonamides is 2. The highest BCUT2D eigenvalue weighted by Crippen LogP contribution is 2.30. The van der Waals surface area contributed by atoms with Crippen molar-refractivity contribution in [3.05, 3.63) is 60.2 Å². The summed E-state index contributed by atoms with van der Waals surface area (Å²) >= 11 is 0. The highest BCUT2D eigenvalue weighted by atomic mass is 32.2. The van der Waals surface area contributed by atoms with Gasteiger partial charge in [-0.3, -0.25) is 0 Å². The molecular formula is C23H33N3O5S2. The number of hydrogen-bond acceptors (Lipinski definition) is 6. The van der Waals surface area contributed by atoms with Crippen LogP contribution in [0.5, 0.6) is 0 Å². The average molecular weight is 496 g/mol. The van der Waals surface area contributed by atoms with Crippen LogP contribution in [-0.4, -0.2) is 76.1 Å². The first-order chi connectivity index (χ1) is 15.5. The van der Waals surface area contributed by atoms with Gasteiger partial charge in [-0.1, -0.05) is 44.2 Å². The molecule has 0 unspecified atom stereocenters. The van der Waals surface area contributed by atoms with Crippen LogP contribution < -0.4 is 4.90 Å². The molecule has 1 saturated heterocycles. The molecule has 1 N–H and O–H groups in total. The Morgan fingerprint density at radius 2 is 1.48 bits per heavy atom. The van der Waals surface area contributed by atoms with Crippen molar-refractivity contribution in [3.8, 4) is 0 Å². The zero-order valence-corrected chi connectivity index (χ0v) is 21.0. The molecule has 1 aliphatic heterocycles. The minimum absolute atomic E-state index is 0.0722. The molecule has 182 valence electrons. The lowest BCUT2D eigenvalue weighted by atomic mass is 10.1. The fourth-order valence-electron chi connectivity index (χ4n) is 4.03. The number of aliphatic hydroxyl groups is 1. The summed E-state index contributed by atoms with van der Waals surface area (Å²) in [6.07, 6.45) is 1.21. The maximum Gasteiger partial charge on any atom is 0.243 e. The van der Waals surface area contributed by atoms with Crippen molar-refractivity contribution >= 4 is 25.7 Å². The van der Waals surface area contributed by atoms with Crippen LogP contribution in [0.4, 0.5) is 5.69 Å². The Bertz CT molecular complexity index is 1110. The van der Waals surface area contributed by atoms with Crippen LogP contribution >= 0.6 is 0 Å². The summed E-state index contributed by atoms with van der Waals surface area (Å²) in [7, 11) is -7.07. The molecule has 0 saturated carbocycles. The summed E-state index contributed by atoms with van der Waals surface area (Å²) in [5.74, 6) is 0.0722. The van der Waals surface area contributed by atoms with Crippen molar-refractivity contribution in [2.75, 3.05) is 50.5 Å². The first-order valence-corrected chi connectivity index (χ1v) is 14.3. The van der Waals surface area contributed by atoms with E-state index >= 15 is 0 Å². The predicted octanol–water partition coefficient (Wildman–Crippen LogP) is 2.15. The summed E-state index contributed by atoms with van der Waals surface area (Å²) in [6, 6.07) is 15.2. The number of anilines is 1. The van der Waals surface area contributed by atoms with Crippen molar-refractivity contribution in [2.24, 2.45) is 5.92 Å². The van der Waals surface area contributed by atoms with E-state index in [1.165, 1.54) is 14.9 Å². The summed E-state index contributed by atoms with van der Waals surface area (Å²) in [5.41, 5.74) is 1.59. The van der Waals surface area contributed by atoms with Crippen molar-refractivity contribution in [2.45, 2.75) is 24.8 Å². The van der Waals surface area contributed by atoms with Crippen LogP contribution in [-0.2, 0) is 20.0 Å². The average Bonchev–Trinajstić information content (AvgIpc) is 2.79. The SMILES string of the molecule is CC(C)CN([C@@H](CO)c1ccccc1)S(=O)(=O)c1ccc(N2CCN(S(C)(=O)=O)CC2)cc1. The van der Waals surface area contributed by atoms with Gasteiger partial charge in [-0.05, 0) is 35.7 Å². The molecule has 0 aromatic heterocycles. The van der Waals surface area contributed by atoms with Crippen LogP contribution in [0.2, 0.25) is 0 Å². The monoisotopic (exact) mass is 495 g/mol. The normalized spacial score (nSPS) is 17.0. The standard InChI is InChI=1S/C23H33N3O5S2/c1-19(2)17-26(23(18-27)20-7-5-4-6-8-20)33(30,31)22-11-9-21(10-12-22)24-13-15-25(16-14-24)32(3,28)29/h4-12,19,23,27H,13-18H2,1-3H3/t23-/m0/s1. The molecule has 0 aliphatic carbocycles. The largest absolute Gasteiger partial charge is 0.394 e. The van der Waals surface area contributed by atoms with E-state index in [0.717, 1.165) is 11.3 Å². The molecule has 10 heteroatoms.